The molecule has 0 aliphatic rings. The second kappa shape index (κ2) is 4.83. The minimum Gasteiger partial charge on any atom is -0.370 e. The van der Waals surface area contributed by atoms with E-state index < -0.39 is 16.2 Å². The van der Waals surface area contributed by atoms with Crippen LogP contribution in [0.25, 0.3) is 0 Å². The van der Waals surface area contributed by atoms with Gasteiger partial charge in [0, 0.05) is 12.5 Å². The van der Waals surface area contributed by atoms with Gasteiger partial charge in [0.2, 0.25) is 5.91 Å². The smallest absolute Gasteiger partial charge is 0.283 e. The van der Waals surface area contributed by atoms with Crippen molar-refractivity contribution < 1.29 is 9.72 Å². The van der Waals surface area contributed by atoms with Crippen LogP contribution in [0.2, 0.25) is 0 Å². The number of hydrogen-bond acceptors (Lipinski definition) is 3. The van der Waals surface area contributed by atoms with Crippen molar-refractivity contribution in [3.8, 4) is 0 Å². The monoisotopic (exact) mass is 300 g/mol. The lowest BCUT2D eigenvalue weighted by molar-refractivity contribution is -0.385. The van der Waals surface area contributed by atoms with Gasteiger partial charge in [0.1, 0.15) is 0 Å². The van der Waals surface area contributed by atoms with Gasteiger partial charge in [-0.2, -0.15) is 0 Å². The average molecular weight is 301 g/mol. The second-order valence-corrected chi connectivity index (χ2v) is 5.30. The number of primary amides is 1. The number of hydrogen-bond donors (Lipinski definition) is 1. The molecule has 17 heavy (non-hydrogen) atoms. The molecular formula is C11H13BrN2O3. The number of nitro benzene ring substituents is 1. The van der Waals surface area contributed by atoms with Crippen LogP contribution in [-0.2, 0) is 10.2 Å². The molecule has 92 valence electrons. The van der Waals surface area contributed by atoms with Crippen molar-refractivity contribution in [1.82, 2.24) is 0 Å². The van der Waals surface area contributed by atoms with E-state index in [0.717, 1.165) is 0 Å². The molecule has 1 rings (SSSR count). The molecule has 0 aromatic heterocycles. The number of benzene rings is 1. The normalized spacial score (nSPS) is 11.2. The van der Waals surface area contributed by atoms with Gasteiger partial charge >= 0.3 is 0 Å². The lowest BCUT2D eigenvalue weighted by atomic mass is 9.81. The first-order valence-electron chi connectivity index (χ1n) is 4.97. The summed E-state index contributed by atoms with van der Waals surface area (Å²) < 4.78 is 0.418. The molecule has 0 radical (unpaired) electrons. The Kier molecular flexibility index (Phi) is 3.87. The third-order valence-electron chi connectivity index (χ3n) is 2.54. The standard InChI is InChI=1S/C11H13BrN2O3/c1-11(2,6-10(13)15)7-3-4-8(12)9(5-7)14(16)17/h3-5H,6H2,1-2H3,(H2,13,15). The van der Waals surface area contributed by atoms with Crippen molar-refractivity contribution in [2.75, 3.05) is 0 Å². The summed E-state index contributed by atoms with van der Waals surface area (Å²) in [5.74, 6) is -0.430. The Balaban J connectivity index is 3.19. The summed E-state index contributed by atoms with van der Waals surface area (Å²) in [6, 6.07) is 4.82. The summed E-state index contributed by atoms with van der Waals surface area (Å²) in [5.41, 5.74) is 5.35. The second-order valence-electron chi connectivity index (χ2n) is 4.45. The Morgan fingerprint density at radius 1 is 1.53 bits per heavy atom. The van der Waals surface area contributed by atoms with Crippen LogP contribution < -0.4 is 5.73 Å². The molecule has 0 spiro atoms. The van der Waals surface area contributed by atoms with E-state index >= 15 is 0 Å². The van der Waals surface area contributed by atoms with E-state index in [1.807, 2.05) is 13.8 Å². The van der Waals surface area contributed by atoms with Gasteiger partial charge in [0.15, 0.2) is 0 Å². The Bertz CT molecular complexity index is 472. The fraction of sp³-hybridized carbons (Fsp3) is 0.364. The third-order valence-corrected chi connectivity index (χ3v) is 3.21. The predicted octanol–water partition coefficient (Wildman–Crippen LogP) is 2.51. The Morgan fingerprint density at radius 2 is 2.12 bits per heavy atom. The summed E-state index contributed by atoms with van der Waals surface area (Å²) in [4.78, 5) is 21.3. The number of carbonyl (C=O) groups is 1. The van der Waals surface area contributed by atoms with Crippen LogP contribution in [0.3, 0.4) is 0 Å². The van der Waals surface area contributed by atoms with E-state index in [0.29, 0.717) is 10.0 Å². The Labute approximate surface area is 107 Å². The molecule has 5 nitrogen and oxygen atoms in total. The third kappa shape index (κ3) is 3.26. The first-order chi connectivity index (χ1) is 7.74. The molecule has 1 amide bonds. The van der Waals surface area contributed by atoms with E-state index in [1.165, 1.54) is 6.07 Å². The highest BCUT2D eigenvalue weighted by molar-refractivity contribution is 9.10. The fourth-order valence-corrected chi connectivity index (χ4v) is 2.00. The molecule has 0 unspecified atom stereocenters. The van der Waals surface area contributed by atoms with Crippen molar-refractivity contribution in [2.24, 2.45) is 5.73 Å². The molecule has 0 aliphatic heterocycles. The number of nitro groups is 1. The first-order valence-corrected chi connectivity index (χ1v) is 5.76. The quantitative estimate of drug-likeness (QED) is 0.684. The molecule has 2 N–H and O–H groups in total. The maximum atomic E-state index is 11.0. The molecule has 0 saturated carbocycles. The zero-order valence-electron chi connectivity index (χ0n) is 9.57. The largest absolute Gasteiger partial charge is 0.370 e. The van der Waals surface area contributed by atoms with Gasteiger partial charge in [0.05, 0.1) is 9.40 Å². The van der Waals surface area contributed by atoms with Gasteiger partial charge in [-0.15, -0.1) is 0 Å². The lowest BCUT2D eigenvalue weighted by Crippen LogP contribution is -2.26. The van der Waals surface area contributed by atoms with Crippen molar-refractivity contribution in [3.05, 3.63) is 38.3 Å². The number of carbonyl (C=O) groups excluding carboxylic acids is 1. The number of halogens is 1. The molecule has 0 fully saturated rings. The molecule has 0 bridgehead atoms. The number of nitrogens with zero attached hydrogens (tertiary/aromatic N) is 1. The molecule has 1 aromatic rings. The number of rotatable bonds is 4. The fourth-order valence-electron chi connectivity index (χ4n) is 1.61. The van der Waals surface area contributed by atoms with Crippen molar-refractivity contribution in [2.45, 2.75) is 25.7 Å². The van der Waals surface area contributed by atoms with Gasteiger partial charge in [-0.1, -0.05) is 19.9 Å². The zero-order valence-corrected chi connectivity index (χ0v) is 11.2. The van der Waals surface area contributed by atoms with Crippen LogP contribution >= 0.6 is 15.9 Å². The molecule has 0 atom stereocenters. The van der Waals surface area contributed by atoms with Crippen molar-refractivity contribution in [3.63, 3.8) is 0 Å². The van der Waals surface area contributed by atoms with Gasteiger partial charge in [-0.3, -0.25) is 14.9 Å². The maximum absolute atomic E-state index is 11.0. The van der Waals surface area contributed by atoms with E-state index in [1.54, 1.807) is 12.1 Å². The topological polar surface area (TPSA) is 86.2 Å². The molecular weight excluding hydrogens is 288 g/mol. The average Bonchev–Trinajstić information content (AvgIpc) is 2.15. The predicted molar refractivity (Wildman–Crippen MR) is 67.6 cm³/mol. The summed E-state index contributed by atoms with van der Waals surface area (Å²) >= 11 is 3.12. The van der Waals surface area contributed by atoms with Crippen LogP contribution in [-0.4, -0.2) is 10.8 Å². The SMILES string of the molecule is CC(C)(CC(N)=O)c1ccc(Br)c([N+](=O)[O-])c1. The molecule has 0 aliphatic carbocycles. The Morgan fingerprint density at radius 3 is 2.59 bits per heavy atom. The number of nitrogens with two attached hydrogens (primary N) is 1. The summed E-state index contributed by atoms with van der Waals surface area (Å²) in [6.07, 6.45) is 0.145. The highest BCUT2D eigenvalue weighted by Crippen LogP contribution is 2.33. The lowest BCUT2D eigenvalue weighted by Gasteiger charge is -2.23. The van der Waals surface area contributed by atoms with Crippen LogP contribution in [0.5, 0.6) is 0 Å². The van der Waals surface area contributed by atoms with Gasteiger partial charge in [0.25, 0.3) is 5.69 Å². The van der Waals surface area contributed by atoms with E-state index in [2.05, 4.69) is 15.9 Å². The van der Waals surface area contributed by atoms with Gasteiger partial charge < -0.3 is 5.73 Å². The van der Waals surface area contributed by atoms with Gasteiger partial charge in [-0.05, 0) is 33.0 Å². The molecule has 6 heteroatoms. The summed E-state index contributed by atoms with van der Waals surface area (Å²) in [6.45, 7) is 3.65. The first kappa shape index (κ1) is 13.6. The molecule has 1 aromatic carbocycles. The maximum Gasteiger partial charge on any atom is 0.283 e. The van der Waals surface area contributed by atoms with Crippen molar-refractivity contribution in [1.29, 1.82) is 0 Å². The van der Waals surface area contributed by atoms with Crippen LogP contribution in [0.1, 0.15) is 25.8 Å². The summed E-state index contributed by atoms with van der Waals surface area (Å²) in [5, 5.41) is 10.8. The molecule has 0 heterocycles. The van der Waals surface area contributed by atoms with Crippen LogP contribution in [0, 0.1) is 10.1 Å². The highest BCUT2D eigenvalue weighted by Gasteiger charge is 2.25. The minimum absolute atomic E-state index is 0.0138. The summed E-state index contributed by atoms with van der Waals surface area (Å²) in [7, 11) is 0. The van der Waals surface area contributed by atoms with Crippen LogP contribution in [0.4, 0.5) is 5.69 Å². The minimum atomic E-state index is -0.517. The van der Waals surface area contributed by atoms with E-state index in [-0.39, 0.29) is 12.1 Å². The van der Waals surface area contributed by atoms with Gasteiger partial charge in [-0.25, -0.2) is 0 Å². The van der Waals surface area contributed by atoms with Crippen molar-refractivity contribution >= 4 is 27.5 Å². The highest BCUT2D eigenvalue weighted by atomic mass is 79.9. The zero-order chi connectivity index (χ0) is 13.2. The number of amides is 1. The van der Waals surface area contributed by atoms with E-state index in [4.69, 9.17) is 5.73 Å². The molecule has 0 saturated heterocycles. The van der Waals surface area contributed by atoms with Crippen LogP contribution in [0.15, 0.2) is 22.7 Å². The van der Waals surface area contributed by atoms with E-state index in [9.17, 15) is 14.9 Å². The Hall–Kier alpha value is -1.43.